The number of aryl methyl sites for hydroxylation is 1. The van der Waals surface area contributed by atoms with Gasteiger partial charge in [-0.25, -0.2) is 0 Å². The Kier molecular flexibility index (Phi) is 5.16. The molecule has 4 aromatic rings. The van der Waals surface area contributed by atoms with Crippen molar-refractivity contribution in [2.45, 2.75) is 13.8 Å². The van der Waals surface area contributed by atoms with Gasteiger partial charge >= 0.3 is 0 Å². The molecule has 0 saturated carbocycles. The Morgan fingerprint density at radius 3 is 1.68 bits per heavy atom. The molecule has 0 bridgehead atoms. The smallest absolute Gasteiger partial charge is 0.0789 e. The summed E-state index contributed by atoms with van der Waals surface area (Å²) in [5, 5.41) is 0. The van der Waals surface area contributed by atoms with E-state index in [2.05, 4.69) is 105 Å². The Balaban J connectivity index is 1.94. The van der Waals surface area contributed by atoms with Gasteiger partial charge in [-0.1, -0.05) is 109 Å². The molecule has 0 atom stereocenters. The Morgan fingerprint density at radius 1 is 0.607 bits per heavy atom. The lowest BCUT2D eigenvalue weighted by molar-refractivity contribution is 1.42. The predicted molar refractivity (Wildman–Crippen MR) is 120 cm³/mol. The van der Waals surface area contributed by atoms with Crippen molar-refractivity contribution in [3.05, 3.63) is 114 Å². The lowest BCUT2D eigenvalue weighted by Crippen LogP contribution is -1.95. The van der Waals surface area contributed by atoms with E-state index in [4.69, 9.17) is 4.99 Å². The zero-order valence-corrected chi connectivity index (χ0v) is 16.3. The second kappa shape index (κ2) is 8.06. The molecule has 4 aromatic carbocycles. The van der Waals surface area contributed by atoms with Crippen LogP contribution in [0.15, 0.2) is 108 Å². The molecule has 0 aromatic heterocycles. The molecule has 0 unspecified atom stereocenters. The Labute approximate surface area is 167 Å². The minimum atomic E-state index is 1.01. The fourth-order valence-electron chi connectivity index (χ4n) is 3.47. The normalized spacial score (nSPS) is 11.4. The first-order valence-electron chi connectivity index (χ1n) is 9.58. The van der Waals surface area contributed by atoms with Crippen LogP contribution in [0.3, 0.4) is 0 Å². The van der Waals surface area contributed by atoms with Crippen LogP contribution < -0.4 is 0 Å². The van der Waals surface area contributed by atoms with Gasteiger partial charge in [0.15, 0.2) is 0 Å². The van der Waals surface area contributed by atoms with Crippen molar-refractivity contribution in [1.82, 2.24) is 0 Å². The van der Waals surface area contributed by atoms with Gasteiger partial charge in [-0.15, -0.1) is 0 Å². The monoisotopic (exact) mass is 361 g/mol. The molecule has 0 saturated heterocycles. The Bertz CT molecular complexity index is 1050. The first kappa shape index (κ1) is 17.9. The van der Waals surface area contributed by atoms with Gasteiger partial charge in [-0.3, -0.25) is 4.99 Å². The highest BCUT2D eigenvalue weighted by Gasteiger charge is 2.12. The van der Waals surface area contributed by atoms with E-state index in [1.807, 2.05) is 12.1 Å². The van der Waals surface area contributed by atoms with Crippen LogP contribution >= 0.6 is 0 Å². The fourth-order valence-corrected chi connectivity index (χ4v) is 3.47. The number of para-hydroxylation sites is 1. The zero-order chi connectivity index (χ0) is 19.3. The first-order valence-corrected chi connectivity index (χ1v) is 9.58. The molecule has 0 radical (unpaired) electrons. The third-order valence-electron chi connectivity index (χ3n) is 4.92. The van der Waals surface area contributed by atoms with Gasteiger partial charge in [0.25, 0.3) is 0 Å². The van der Waals surface area contributed by atoms with E-state index in [1.54, 1.807) is 0 Å². The highest BCUT2D eigenvalue weighted by atomic mass is 14.8. The maximum Gasteiger partial charge on any atom is 0.0789 e. The van der Waals surface area contributed by atoms with Crippen molar-refractivity contribution in [3.8, 4) is 22.3 Å². The van der Waals surface area contributed by atoms with Crippen LogP contribution in [0.4, 0.5) is 5.69 Å². The van der Waals surface area contributed by atoms with Crippen molar-refractivity contribution in [2.75, 3.05) is 0 Å². The summed E-state index contributed by atoms with van der Waals surface area (Å²) in [6, 6.07) is 35.9. The molecule has 4 rings (SSSR count). The molecule has 0 aliphatic carbocycles. The molecule has 0 N–H and O–H groups in total. The quantitative estimate of drug-likeness (QED) is 0.334. The summed E-state index contributed by atoms with van der Waals surface area (Å²) < 4.78 is 0. The van der Waals surface area contributed by atoms with Gasteiger partial charge in [0.1, 0.15) is 0 Å². The predicted octanol–water partition coefficient (Wildman–Crippen LogP) is 7.47. The van der Waals surface area contributed by atoms with E-state index >= 15 is 0 Å². The molecular weight excluding hydrogens is 338 g/mol. The molecule has 1 heteroatoms. The summed E-state index contributed by atoms with van der Waals surface area (Å²) in [4.78, 5) is 5.14. The molecule has 28 heavy (non-hydrogen) atoms. The van der Waals surface area contributed by atoms with E-state index in [0.29, 0.717) is 0 Å². The van der Waals surface area contributed by atoms with E-state index in [1.165, 1.54) is 16.7 Å². The van der Waals surface area contributed by atoms with Crippen LogP contribution in [-0.4, -0.2) is 5.71 Å². The van der Waals surface area contributed by atoms with Crippen molar-refractivity contribution in [2.24, 2.45) is 4.99 Å². The summed E-state index contributed by atoms with van der Waals surface area (Å²) in [6.45, 7) is 4.20. The van der Waals surface area contributed by atoms with Crippen LogP contribution in [0, 0.1) is 6.92 Å². The molecule has 0 aliphatic heterocycles. The molecule has 0 spiro atoms. The van der Waals surface area contributed by atoms with Crippen LogP contribution in [0.2, 0.25) is 0 Å². The molecule has 136 valence electrons. The first-order chi connectivity index (χ1) is 13.7. The van der Waals surface area contributed by atoms with Crippen LogP contribution in [0.1, 0.15) is 18.1 Å². The number of aliphatic imine (C=N–C) groups is 1. The van der Waals surface area contributed by atoms with Crippen molar-refractivity contribution in [1.29, 1.82) is 0 Å². The van der Waals surface area contributed by atoms with Gasteiger partial charge in [0.05, 0.1) is 5.69 Å². The number of rotatable bonds is 4. The summed E-state index contributed by atoms with van der Waals surface area (Å²) in [5.41, 5.74) is 9.08. The molecule has 1 nitrogen and oxygen atoms in total. The van der Waals surface area contributed by atoms with Crippen molar-refractivity contribution in [3.63, 3.8) is 0 Å². The summed E-state index contributed by atoms with van der Waals surface area (Å²) >= 11 is 0. The Morgan fingerprint density at radius 2 is 1.14 bits per heavy atom. The highest BCUT2D eigenvalue weighted by molar-refractivity contribution is 6.03. The summed E-state index contributed by atoms with van der Waals surface area (Å²) in [7, 11) is 0. The topological polar surface area (TPSA) is 12.4 Å². The largest absolute Gasteiger partial charge is 0.252 e. The minimum Gasteiger partial charge on any atom is -0.252 e. The molecule has 0 fully saturated rings. The SMILES string of the molecule is CC(=Nc1c(-c2ccccc2)cccc1-c1ccccc1)c1cccc(C)c1. The van der Waals surface area contributed by atoms with Gasteiger partial charge < -0.3 is 0 Å². The van der Waals surface area contributed by atoms with Crippen molar-refractivity contribution >= 4 is 11.4 Å². The van der Waals surface area contributed by atoms with E-state index in [0.717, 1.165) is 28.1 Å². The van der Waals surface area contributed by atoms with E-state index in [-0.39, 0.29) is 0 Å². The summed E-state index contributed by atoms with van der Waals surface area (Å²) in [5.74, 6) is 0. The molecule has 0 amide bonds. The Hall–Kier alpha value is -3.45. The van der Waals surface area contributed by atoms with Crippen LogP contribution in [-0.2, 0) is 0 Å². The fraction of sp³-hybridized carbons (Fsp3) is 0.0741. The van der Waals surface area contributed by atoms with Gasteiger partial charge in [0, 0.05) is 16.8 Å². The highest BCUT2D eigenvalue weighted by Crippen LogP contribution is 2.39. The standard InChI is InChI=1S/C27H23N/c1-20-11-9-16-24(19-20)21(2)28-27-25(22-12-5-3-6-13-22)17-10-18-26(27)23-14-7-4-8-15-23/h3-19H,1-2H3. The second-order valence-corrected chi connectivity index (χ2v) is 7.00. The van der Waals surface area contributed by atoms with E-state index < -0.39 is 0 Å². The zero-order valence-electron chi connectivity index (χ0n) is 16.3. The van der Waals surface area contributed by atoms with Crippen LogP contribution in [0.25, 0.3) is 22.3 Å². The molecule has 0 aliphatic rings. The van der Waals surface area contributed by atoms with Crippen LogP contribution in [0.5, 0.6) is 0 Å². The second-order valence-electron chi connectivity index (χ2n) is 7.00. The maximum atomic E-state index is 5.14. The average molecular weight is 361 g/mol. The van der Waals surface area contributed by atoms with Gasteiger partial charge in [-0.2, -0.15) is 0 Å². The average Bonchev–Trinajstić information content (AvgIpc) is 2.75. The summed E-state index contributed by atoms with van der Waals surface area (Å²) in [6.07, 6.45) is 0. The number of hydrogen-bond donors (Lipinski definition) is 0. The van der Waals surface area contributed by atoms with Gasteiger partial charge in [0.2, 0.25) is 0 Å². The number of nitrogens with zero attached hydrogens (tertiary/aromatic N) is 1. The number of benzene rings is 4. The maximum absolute atomic E-state index is 5.14. The third kappa shape index (κ3) is 3.79. The third-order valence-corrected chi connectivity index (χ3v) is 4.92. The van der Waals surface area contributed by atoms with E-state index in [9.17, 15) is 0 Å². The lowest BCUT2D eigenvalue weighted by Gasteiger charge is -2.13. The van der Waals surface area contributed by atoms with Gasteiger partial charge in [-0.05, 0) is 30.5 Å². The lowest BCUT2D eigenvalue weighted by atomic mass is 9.96. The number of hydrogen-bond acceptors (Lipinski definition) is 1. The molecule has 0 heterocycles. The van der Waals surface area contributed by atoms with Crippen molar-refractivity contribution < 1.29 is 0 Å². The molecular formula is C27H23N. The minimum absolute atomic E-state index is 1.01.